The molecule has 1 amide bonds. The zero-order valence-corrected chi connectivity index (χ0v) is 12.8. The second-order valence-electron chi connectivity index (χ2n) is 4.45. The summed E-state index contributed by atoms with van der Waals surface area (Å²) < 4.78 is 13.5. The SMILES string of the molecule is O=C(c1ccc(F)cc1Br)N1CCN(CCCl)CC1. The van der Waals surface area contributed by atoms with Crippen molar-refractivity contribution in [3.8, 4) is 0 Å². The fraction of sp³-hybridized carbons (Fsp3) is 0.462. The molecule has 1 saturated heterocycles. The second kappa shape index (κ2) is 6.68. The van der Waals surface area contributed by atoms with Gasteiger partial charge < -0.3 is 4.90 Å². The average Bonchev–Trinajstić information content (AvgIpc) is 2.39. The van der Waals surface area contributed by atoms with Gasteiger partial charge in [-0.2, -0.15) is 0 Å². The molecule has 1 fully saturated rings. The zero-order valence-electron chi connectivity index (χ0n) is 10.4. The van der Waals surface area contributed by atoms with Gasteiger partial charge in [0.25, 0.3) is 5.91 Å². The first-order valence-corrected chi connectivity index (χ1v) is 7.47. The van der Waals surface area contributed by atoms with E-state index in [2.05, 4.69) is 20.8 Å². The zero-order chi connectivity index (χ0) is 13.8. The number of halogens is 3. The van der Waals surface area contributed by atoms with Crippen molar-refractivity contribution in [1.29, 1.82) is 0 Å². The molecule has 0 saturated carbocycles. The van der Waals surface area contributed by atoms with Crippen molar-refractivity contribution in [2.45, 2.75) is 0 Å². The highest BCUT2D eigenvalue weighted by Crippen LogP contribution is 2.20. The molecule has 1 aromatic carbocycles. The highest BCUT2D eigenvalue weighted by Gasteiger charge is 2.23. The summed E-state index contributed by atoms with van der Waals surface area (Å²) in [7, 11) is 0. The summed E-state index contributed by atoms with van der Waals surface area (Å²) in [6.07, 6.45) is 0. The first-order valence-electron chi connectivity index (χ1n) is 6.14. The third-order valence-electron chi connectivity index (χ3n) is 3.22. The Labute approximate surface area is 125 Å². The Morgan fingerprint density at radius 3 is 2.58 bits per heavy atom. The molecule has 19 heavy (non-hydrogen) atoms. The van der Waals surface area contributed by atoms with E-state index in [9.17, 15) is 9.18 Å². The molecule has 0 bridgehead atoms. The first-order chi connectivity index (χ1) is 9.11. The third kappa shape index (κ3) is 3.68. The number of hydrogen-bond donors (Lipinski definition) is 0. The van der Waals surface area contributed by atoms with Crippen molar-refractivity contribution in [3.63, 3.8) is 0 Å². The van der Waals surface area contributed by atoms with E-state index in [1.54, 1.807) is 4.90 Å². The molecular formula is C13H15BrClFN2O. The summed E-state index contributed by atoms with van der Waals surface area (Å²) >= 11 is 8.94. The van der Waals surface area contributed by atoms with Crippen molar-refractivity contribution in [2.75, 3.05) is 38.6 Å². The largest absolute Gasteiger partial charge is 0.336 e. The topological polar surface area (TPSA) is 23.6 Å². The van der Waals surface area contributed by atoms with Crippen LogP contribution in [0.25, 0.3) is 0 Å². The average molecular weight is 350 g/mol. The molecule has 0 aromatic heterocycles. The maximum atomic E-state index is 13.0. The maximum absolute atomic E-state index is 13.0. The van der Waals surface area contributed by atoms with Crippen LogP contribution >= 0.6 is 27.5 Å². The van der Waals surface area contributed by atoms with Gasteiger partial charge in [-0.3, -0.25) is 9.69 Å². The smallest absolute Gasteiger partial charge is 0.255 e. The lowest BCUT2D eigenvalue weighted by molar-refractivity contribution is 0.0643. The number of carbonyl (C=O) groups is 1. The lowest BCUT2D eigenvalue weighted by atomic mass is 10.2. The monoisotopic (exact) mass is 348 g/mol. The molecule has 0 atom stereocenters. The van der Waals surface area contributed by atoms with E-state index >= 15 is 0 Å². The van der Waals surface area contributed by atoms with Crippen LogP contribution in [0, 0.1) is 5.82 Å². The van der Waals surface area contributed by atoms with E-state index < -0.39 is 0 Å². The number of carbonyl (C=O) groups excluding carboxylic acids is 1. The molecule has 1 aromatic rings. The Bertz CT molecular complexity index is 464. The van der Waals surface area contributed by atoms with Crippen LogP contribution in [0.5, 0.6) is 0 Å². The van der Waals surface area contributed by atoms with Crippen LogP contribution in [-0.2, 0) is 0 Å². The predicted molar refractivity (Wildman–Crippen MR) is 77.2 cm³/mol. The molecule has 6 heteroatoms. The van der Waals surface area contributed by atoms with Crippen molar-refractivity contribution >= 4 is 33.4 Å². The van der Waals surface area contributed by atoms with Crippen LogP contribution in [0.3, 0.4) is 0 Å². The van der Waals surface area contributed by atoms with Gasteiger partial charge in [-0.25, -0.2) is 4.39 Å². The molecule has 104 valence electrons. The number of rotatable bonds is 3. The molecule has 0 spiro atoms. The van der Waals surface area contributed by atoms with Gasteiger partial charge in [0.05, 0.1) is 5.56 Å². The molecule has 0 N–H and O–H groups in total. The van der Waals surface area contributed by atoms with Crippen molar-refractivity contribution in [1.82, 2.24) is 9.80 Å². The summed E-state index contributed by atoms with van der Waals surface area (Å²) in [6, 6.07) is 4.14. The minimum Gasteiger partial charge on any atom is -0.336 e. The number of nitrogens with zero attached hydrogens (tertiary/aromatic N) is 2. The lowest BCUT2D eigenvalue weighted by Gasteiger charge is -2.34. The van der Waals surface area contributed by atoms with E-state index in [0.717, 1.165) is 19.6 Å². The molecule has 1 aliphatic heterocycles. The number of alkyl halides is 1. The van der Waals surface area contributed by atoms with E-state index in [4.69, 9.17) is 11.6 Å². The molecule has 0 radical (unpaired) electrons. The quantitative estimate of drug-likeness (QED) is 0.783. The van der Waals surface area contributed by atoms with Crippen molar-refractivity contribution in [2.24, 2.45) is 0 Å². The summed E-state index contributed by atoms with van der Waals surface area (Å²) in [5, 5.41) is 0. The Morgan fingerprint density at radius 1 is 1.32 bits per heavy atom. The van der Waals surface area contributed by atoms with Crippen LogP contribution in [-0.4, -0.2) is 54.3 Å². The van der Waals surface area contributed by atoms with Gasteiger partial charge >= 0.3 is 0 Å². The van der Waals surface area contributed by atoms with Crippen LogP contribution in [0.2, 0.25) is 0 Å². The highest BCUT2D eigenvalue weighted by molar-refractivity contribution is 9.10. The Hall–Kier alpha value is -0.650. The minimum atomic E-state index is -0.352. The Kier molecular flexibility index (Phi) is 5.19. The molecule has 1 aliphatic rings. The van der Waals surface area contributed by atoms with Gasteiger partial charge in [-0.05, 0) is 34.1 Å². The van der Waals surface area contributed by atoms with Gasteiger partial charge in [-0.15, -0.1) is 11.6 Å². The van der Waals surface area contributed by atoms with Crippen LogP contribution in [0.4, 0.5) is 4.39 Å². The van der Waals surface area contributed by atoms with E-state index in [-0.39, 0.29) is 11.7 Å². The van der Waals surface area contributed by atoms with E-state index in [0.29, 0.717) is 29.0 Å². The third-order valence-corrected chi connectivity index (χ3v) is 4.05. The van der Waals surface area contributed by atoms with Gasteiger partial charge in [0.1, 0.15) is 5.82 Å². The summed E-state index contributed by atoms with van der Waals surface area (Å²) in [5.74, 6) is 0.199. The standard InChI is InChI=1S/C13H15BrClFN2O/c14-12-9-10(16)1-2-11(12)13(19)18-7-5-17(4-3-15)6-8-18/h1-2,9H,3-8H2. The van der Waals surface area contributed by atoms with Crippen molar-refractivity contribution in [3.05, 3.63) is 34.1 Å². The lowest BCUT2D eigenvalue weighted by Crippen LogP contribution is -2.49. The fourth-order valence-corrected chi connectivity index (χ4v) is 2.89. The van der Waals surface area contributed by atoms with E-state index in [1.165, 1.54) is 18.2 Å². The fourth-order valence-electron chi connectivity index (χ4n) is 2.13. The van der Waals surface area contributed by atoms with E-state index in [1.807, 2.05) is 0 Å². The van der Waals surface area contributed by atoms with Gasteiger partial charge in [0.15, 0.2) is 0 Å². The predicted octanol–water partition coefficient (Wildman–Crippen LogP) is 2.58. The Morgan fingerprint density at radius 2 is 2.00 bits per heavy atom. The van der Waals surface area contributed by atoms with Crippen molar-refractivity contribution < 1.29 is 9.18 Å². The molecule has 0 aliphatic carbocycles. The maximum Gasteiger partial charge on any atom is 0.255 e. The highest BCUT2D eigenvalue weighted by atomic mass is 79.9. The summed E-state index contributed by atoms with van der Waals surface area (Å²) in [4.78, 5) is 16.4. The summed E-state index contributed by atoms with van der Waals surface area (Å²) in [6.45, 7) is 3.87. The molecule has 3 nitrogen and oxygen atoms in total. The number of benzene rings is 1. The van der Waals surface area contributed by atoms with Crippen LogP contribution < -0.4 is 0 Å². The number of piperazine rings is 1. The first kappa shape index (κ1) is 14.8. The van der Waals surface area contributed by atoms with Crippen LogP contribution in [0.15, 0.2) is 22.7 Å². The van der Waals surface area contributed by atoms with Gasteiger partial charge in [0.2, 0.25) is 0 Å². The molecular weight excluding hydrogens is 335 g/mol. The normalized spacial score (nSPS) is 16.7. The minimum absolute atomic E-state index is 0.0580. The van der Waals surface area contributed by atoms with Gasteiger partial charge in [0, 0.05) is 43.1 Å². The molecule has 0 unspecified atom stereocenters. The summed E-state index contributed by atoms with van der Waals surface area (Å²) in [5.41, 5.74) is 0.507. The molecule has 2 rings (SSSR count). The van der Waals surface area contributed by atoms with Gasteiger partial charge in [-0.1, -0.05) is 0 Å². The second-order valence-corrected chi connectivity index (χ2v) is 5.68. The Balaban J connectivity index is 2.01. The molecule has 1 heterocycles. The number of amides is 1. The number of hydrogen-bond acceptors (Lipinski definition) is 2. The van der Waals surface area contributed by atoms with Crippen LogP contribution in [0.1, 0.15) is 10.4 Å².